The molecule has 1 saturated heterocycles. The van der Waals surface area contributed by atoms with Crippen molar-refractivity contribution in [2.75, 3.05) is 26.2 Å². The maximum atomic E-state index is 12.7. The van der Waals surface area contributed by atoms with Gasteiger partial charge in [-0.25, -0.2) is 12.7 Å². The minimum atomic E-state index is -3.33. The lowest BCUT2D eigenvalue weighted by atomic mass is 9.96. The van der Waals surface area contributed by atoms with Gasteiger partial charge in [-0.3, -0.25) is 4.79 Å². The van der Waals surface area contributed by atoms with E-state index in [1.807, 2.05) is 49.9 Å². The van der Waals surface area contributed by atoms with Gasteiger partial charge in [0.05, 0.1) is 5.75 Å². The molecule has 0 N–H and O–H groups in total. The van der Waals surface area contributed by atoms with E-state index in [1.165, 1.54) is 0 Å². The summed E-state index contributed by atoms with van der Waals surface area (Å²) in [6.07, 6.45) is 1.23. The fraction of sp³-hybridized carbons (Fsp3) is 0.611. The van der Waals surface area contributed by atoms with E-state index < -0.39 is 10.0 Å². The Kier molecular flexibility index (Phi) is 6.40. The first kappa shape index (κ1) is 18.9. The highest BCUT2D eigenvalue weighted by Crippen LogP contribution is 2.24. The second-order valence-electron chi connectivity index (χ2n) is 6.37. The van der Waals surface area contributed by atoms with Crippen LogP contribution in [0.2, 0.25) is 0 Å². The summed E-state index contributed by atoms with van der Waals surface area (Å²) in [6, 6.07) is 7.58. The molecule has 1 aromatic carbocycles. The number of piperidine rings is 1. The predicted molar refractivity (Wildman–Crippen MR) is 96.0 cm³/mol. The third kappa shape index (κ3) is 4.36. The van der Waals surface area contributed by atoms with Crippen LogP contribution >= 0.6 is 0 Å². The molecule has 1 aromatic rings. The number of amides is 1. The fourth-order valence-electron chi connectivity index (χ4n) is 3.23. The van der Waals surface area contributed by atoms with Crippen LogP contribution in [0, 0.1) is 12.8 Å². The van der Waals surface area contributed by atoms with Gasteiger partial charge in [0.2, 0.25) is 15.9 Å². The topological polar surface area (TPSA) is 57.7 Å². The van der Waals surface area contributed by atoms with Gasteiger partial charge in [-0.15, -0.1) is 0 Å². The molecule has 0 spiro atoms. The number of aryl methyl sites for hydroxylation is 1. The molecule has 134 valence electrons. The molecule has 1 heterocycles. The first-order valence-corrected chi connectivity index (χ1v) is 10.3. The van der Waals surface area contributed by atoms with Gasteiger partial charge in [0.25, 0.3) is 0 Å². The van der Waals surface area contributed by atoms with Crippen LogP contribution in [0.25, 0.3) is 0 Å². The van der Waals surface area contributed by atoms with Gasteiger partial charge < -0.3 is 4.90 Å². The summed E-state index contributed by atoms with van der Waals surface area (Å²) in [5.74, 6) is 0.152. The molecule has 1 aliphatic heterocycles. The zero-order chi connectivity index (χ0) is 17.7. The van der Waals surface area contributed by atoms with Crippen molar-refractivity contribution in [3.63, 3.8) is 0 Å². The van der Waals surface area contributed by atoms with Crippen molar-refractivity contribution >= 4 is 15.9 Å². The van der Waals surface area contributed by atoms with Gasteiger partial charge in [-0.2, -0.15) is 0 Å². The maximum Gasteiger partial charge on any atom is 0.225 e. The van der Waals surface area contributed by atoms with Crippen molar-refractivity contribution < 1.29 is 13.2 Å². The lowest BCUT2D eigenvalue weighted by Crippen LogP contribution is -2.44. The van der Waals surface area contributed by atoms with Crippen LogP contribution in [0.4, 0.5) is 0 Å². The average molecular weight is 353 g/mol. The Morgan fingerprint density at radius 3 is 2.29 bits per heavy atom. The van der Waals surface area contributed by atoms with E-state index in [1.54, 1.807) is 4.31 Å². The van der Waals surface area contributed by atoms with Crippen LogP contribution in [-0.4, -0.2) is 49.7 Å². The third-order valence-electron chi connectivity index (χ3n) is 4.87. The molecule has 0 radical (unpaired) electrons. The van der Waals surface area contributed by atoms with Crippen LogP contribution in [0.5, 0.6) is 0 Å². The molecule has 0 unspecified atom stereocenters. The number of benzene rings is 1. The summed E-state index contributed by atoms with van der Waals surface area (Å²) in [4.78, 5) is 14.2. The minimum absolute atomic E-state index is 0.0360. The minimum Gasteiger partial charge on any atom is -0.343 e. The lowest BCUT2D eigenvalue weighted by molar-refractivity contribution is -0.136. The van der Waals surface area contributed by atoms with Crippen LogP contribution in [0.3, 0.4) is 0 Å². The van der Waals surface area contributed by atoms with Crippen molar-refractivity contribution in [3.8, 4) is 0 Å². The lowest BCUT2D eigenvalue weighted by Gasteiger charge is -2.33. The van der Waals surface area contributed by atoms with E-state index in [2.05, 4.69) is 0 Å². The molecule has 5 nitrogen and oxygen atoms in total. The van der Waals surface area contributed by atoms with E-state index in [-0.39, 0.29) is 17.6 Å². The number of hydrogen-bond donors (Lipinski definition) is 0. The zero-order valence-electron chi connectivity index (χ0n) is 14.9. The molecule has 0 aliphatic carbocycles. The number of sulfonamides is 1. The van der Waals surface area contributed by atoms with Crippen LogP contribution < -0.4 is 0 Å². The summed E-state index contributed by atoms with van der Waals surface area (Å²) in [7, 11) is -3.33. The highest BCUT2D eigenvalue weighted by molar-refractivity contribution is 7.88. The van der Waals surface area contributed by atoms with Crippen molar-refractivity contribution in [2.24, 2.45) is 5.92 Å². The Morgan fingerprint density at radius 2 is 1.75 bits per heavy atom. The molecular weight excluding hydrogens is 324 g/mol. The highest BCUT2D eigenvalue weighted by Gasteiger charge is 2.32. The molecule has 0 bridgehead atoms. The number of hydrogen-bond acceptors (Lipinski definition) is 3. The fourth-order valence-corrected chi connectivity index (χ4v) is 4.90. The van der Waals surface area contributed by atoms with Crippen LogP contribution in [-0.2, 0) is 20.6 Å². The molecule has 24 heavy (non-hydrogen) atoms. The SMILES string of the molecule is CCN(CC)C(=O)C1CCN(S(=O)(=O)Cc2ccccc2C)CC1. The molecule has 6 heteroatoms. The van der Waals surface area contributed by atoms with Gasteiger partial charge in [0.1, 0.15) is 0 Å². The normalized spacial score (nSPS) is 17.0. The monoisotopic (exact) mass is 352 g/mol. The predicted octanol–water partition coefficient (Wildman–Crippen LogP) is 2.41. The molecular formula is C18H28N2O3S. The van der Waals surface area contributed by atoms with Gasteiger partial charge in [0.15, 0.2) is 0 Å². The molecule has 1 aliphatic rings. The van der Waals surface area contributed by atoms with Crippen molar-refractivity contribution in [1.29, 1.82) is 0 Å². The first-order valence-electron chi connectivity index (χ1n) is 8.70. The molecule has 1 fully saturated rings. The zero-order valence-corrected chi connectivity index (χ0v) is 15.7. The Labute approximate surface area is 145 Å². The second kappa shape index (κ2) is 8.12. The highest BCUT2D eigenvalue weighted by atomic mass is 32.2. The van der Waals surface area contributed by atoms with E-state index in [0.29, 0.717) is 39.0 Å². The molecule has 0 aromatic heterocycles. The van der Waals surface area contributed by atoms with Crippen molar-refractivity contribution in [2.45, 2.75) is 39.4 Å². The van der Waals surface area contributed by atoms with E-state index in [4.69, 9.17) is 0 Å². The van der Waals surface area contributed by atoms with Crippen molar-refractivity contribution in [1.82, 2.24) is 9.21 Å². The van der Waals surface area contributed by atoms with Gasteiger partial charge >= 0.3 is 0 Å². The standard InChI is InChI=1S/C18H28N2O3S/c1-4-19(5-2)18(21)16-10-12-20(13-11-16)24(22,23)14-17-9-7-6-8-15(17)3/h6-9,16H,4-5,10-14H2,1-3H3. The Hall–Kier alpha value is -1.40. The number of carbonyl (C=O) groups is 1. The smallest absolute Gasteiger partial charge is 0.225 e. The van der Waals surface area contributed by atoms with E-state index >= 15 is 0 Å². The largest absolute Gasteiger partial charge is 0.343 e. The molecule has 0 atom stereocenters. The summed E-state index contributed by atoms with van der Waals surface area (Å²) >= 11 is 0. The second-order valence-corrected chi connectivity index (χ2v) is 8.34. The summed E-state index contributed by atoms with van der Waals surface area (Å²) in [5.41, 5.74) is 1.84. The van der Waals surface area contributed by atoms with Crippen LogP contribution in [0.1, 0.15) is 37.8 Å². The van der Waals surface area contributed by atoms with Gasteiger partial charge in [0, 0.05) is 32.1 Å². The molecule has 0 saturated carbocycles. The summed E-state index contributed by atoms with van der Waals surface area (Å²) in [5, 5.41) is 0. The maximum absolute atomic E-state index is 12.7. The van der Waals surface area contributed by atoms with Crippen molar-refractivity contribution in [3.05, 3.63) is 35.4 Å². The molecule has 2 rings (SSSR count). The number of nitrogens with zero attached hydrogens (tertiary/aromatic N) is 2. The van der Waals surface area contributed by atoms with E-state index in [9.17, 15) is 13.2 Å². The van der Waals surface area contributed by atoms with Gasteiger partial charge in [-0.1, -0.05) is 24.3 Å². The van der Waals surface area contributed by atoms with Gasteiger partial charge in [-0.05, 0) is 44.7 Å². The summed E-state index contributed by atoms with van der Waals surface area (Å²) in [6.45, 7) is 8.17. The van der Waals surface area contributed by atoms with E-state index in [0.717, 1.165) is 11.1 Å². The molecule has 1 amide bonds. The Balaban J connectivity index is 1.98. The first-order chi connectivity index (χ1) is 11.4. The Morgan fingerprint density at radius 1 is 1.17 bits per heavy atom. The quantitative estimate of drug-likeness (QED) is 0.790. The third-order valence-corrected chi connectivity index (χ3v) is 6.70. The van der Waals surface area contributed by atoms with Crippen LogP contribution in [0.15, 0.2) is 24.3 Å². The Bertz CT molecular complexity index is 661. The average Bonchev–Trinajstić information content (AvgIpc) is 2.58. The summed E-state index contributed by atoms with van der Waals surface area (Å²) < 4.78 is 26.9. The number of rotatable bonds is 6. The number of carbonyl (C=O) groups excluding carboxylic acids is 1.